The molecule has 3 rings (SSSR count). The summed E-state index contributed by atoms with van der Waals surface area (Å²) in [6.07, 6.45) is -5.44. The minimum absolute atomic E-state index is 0.0217. The number of halogens is 5. The van der Waals surface area contributed by atoms with E-state index in [1.165, 1.54) is 24.3 Å². The number of nitrogens with one attached hydrogen (secondary N) is 1. The number of oxime groups is 1. The van der Waals surface area contributed by atoms with E-state index in [1.807, 2.05) is 5.32 Å². The predicted octanol–water partition coefficient (Wildman–Crippen LogP) is 4.69. The molecule has 1 unspecified atom stereocenters. The molecule has 6 nitrogen and oxygen atoms in total. The summed E-state index contributed by atoms with van der Waals surface area (Å²) in [6.45, 7) is 1.56. The van der Waals surface area contributed by atoms with Gasteiger partial charge in [0, 0.05) is 27.6 Å². The van der Waals surface area contributed by atoms with Crippen molar-refractivity contribution in [2.45, 2.75) is 25.1 Å². The summed E-state index contributed by atoms with van der Waals surface area (Å²) in [5, 5.41) is 5.64. The Morgan fingerprint density at radius 1 is 1.17 bits per heavy atom. The van der Waals surface area contributed by atoms with E-state index in [1.54, 1.807) is 6.92 Å². The first-order valence-corrected chi connectivity index (χ1v) is 9.19. The summed E-state index contributed by atoms with van der Waals surface area (Å²) >= 11 is 11.8. The lowest BCUT2D eigenvalue weighted by Gasteiger charge is -2.29. The van der Waals surface area contributed by atoms with Gasteiger partial charge in [0.25, 0.3) is 11.5 Å². The number of nitrogens with zero attached hydrogens (tertiary/aromatic N) is 1. The fourth-order valence-electron chi connectivity index (χ4n) is 3.12. The lowest BCUT2D eigenvalue weighted by molar-refractivity contribution is -0.275. The molecule has 0 bridgehead atoms. The summed E-state index contributed by atoms with van der Waals surface area (Å²) in [7, 11) is 0. The number of hydrogen-bond donors (Lipinski definition) is 2. The first-order valence-electron chi connectivity index (χ1n) is 8.43. The third-order valence-corrected chi connectivity index (χ3v) is 4.99. The van der Waals surface area contributed by atoms with E-state index in [2.05, 4.69) is 5.16 Å². The number of carbonyl (C=O) groups excluding carboxylic acids is 2. The van der Waals surface area contributed by atoms with Crippen molar-refractivity contribution < 1.29 is 27.6 Å². The van der Waals surface area contributed by atoms with E-state index in [4.69, 9.17) is 33.8 Å². The second kappa shape index (κ2) is 7.81. The SMILES string of the molecule is Cc1cc(C2=NOC(c3cc(Cl)cc(Cl)c3)(C(F)(F)F)C2)ccc1C(=O)NC(N)=O. The average Bonchev–Trinajstić information content (AvgIpc) is 3.06. The maximum absolute atomic E-state index is 14.0. The quantitative estimate of drug-likeness (QED) is 0.696. The third kappa shape index (κ3) is 4.08. The zero-order valence-corrected chi connectivity index (χ0v) is 16.8. The van der Waals surface area contributed by atoms with Crippen molar-refractivity contribution in [3.05, 3.63) is 68.7 Å². The Hall–Kier alpha value is -2.78. The molecule has 0 saturated heterocycles. The Bertz CT molecular complexity index is 1050. The number of aryl methyl sites for hydroxylation is 1. The lowest BCUT2D eigenvalue weighted by atomic mass is 9.86. The molecule has 1 aliphatic heterocycles. The number of primary amides is 1. The van der Waals surface area contributed by atoms with Gasteiger partial charge in [0.1, 0.15) is 0 Å². The number of urea groups is 1. The van der Waals surface area contributed by atoms with Crippen molar-refractivity contribution in [3.63, 3.8) is 0 Å². The molecular weight excluding hydrogens is 446 g/mol. The summed E-state index contributed by atoms with van der Waals surface area (Å²) in [4.78, 5) is 27.7. The molecule has 0 aromatic heterocycles. The van der Waals surface area contributed by atoms with Gasteiger partial charge in [-0.25, -0.2) is 4.79 Å². The first kappa shape index (κ1) is 21.9. The molecule has 0 aliphatic carbocycles. The van der Waals surface area contributed by atoms with Crippen LogP contribution in [0.25, 0.3) is 0 Å². The van der Waals surface area contributed by atoms with E-state index in [9.17, 15) is 22.8 Å². The molecule has 0 radical (unpaired) electrons. The average molecular weight is 460 g/mol. The molecular formula is C19H14Cl2F3N3O3. The van der Waals surface area contributed by atoms with Gasteiger partial charge >= 0.3 is 12.2 Å². The highest BCUT2D eigenvalue weighted by Crippen LogP contribution is 2.49. The molecule has 2 aromatic rings. The maximum Gasteiger partial charge on any atom is 0.435 e. The molecule has 158 valence electrons. The van der Waals surface area contributed by atoms with Crippen LogP contribution in [0.5, 0.6) is 0 Å². The minimum Gasteiger partial charge on any atom is -0.374 e. The number of hydrogen-bond acceptors (Lipinski definition) is 4. The molecule has 30 heavy (non-hydrogen) atoms. The van der Waals surface area contributed by atoms with Crippen LogP contribution in [0, 0.1) is 6.92 Å². The molecule has 1 heterocycles. The van der Waals surface area contributed by atoms with Crippen molar-refractivity contribution in [3.8, 4) is 0 Å². The molecule has 11 heteroatoms. The molecule has 1 atom stereocenters. The fourth-order valence-corrected chi connectivity index (χ4v) is 3.65. The Balaban J connectivity index is 1.96. The number of imide groups is 1. The Morgan fingerprint density at radius 2 is 1.80 bits per heavy atom. The molecule has 3 N–H and O–H groups in total. The highest BCUT2D eigenvalue weighted by Gasteiger charge is 2.62. The third-order valence-electron chi connectivity index (χ3n) is 4.56. The van der Waals surface area contributed by atoms with Crippen molar-refractivity contribution in [1.29, 1.82) is 0 Å². The first-order chi connectivity index (χ1) is 13.9. The second-order valence-electron chi connectivity index (χ2n) is 6.64. The smallest absolute Gasteiger partial charge is 0.374 e. The van der Waals surface area contributed by atoms with Crippen molar-refractivity contribution in [2.24, 2.45) is 10.9 Å². The lowest BCUT2D eigenvalue weighted by Crippen LogP contribution is -2.42. The number of alkyl halides is 3. The van der Waals surface area contributed by atoms with Crippen LogP contribution in [-0.4, -0.2) is 23.8 Å². The summed E-state index contributed by atoms with van der Waals surface area (Å²) in [5.74, 6) is -0.727. The molecule has 0 saturated carbocycles. The summed E-state index contributed by atoms with van der Waals surface area (Å²) in [6, 6.07) is 6.77. The topological polar surface area (TPSA) is 93.8 Å². The van der Waals surface area contributed by atoms with Gasteiger partial charge in [0.05, 0.1) is 5.71 Å². The van der Waals surface area contributed by atoms with Crippen LogP contribution in [0.1, 0.15) is 33.5 Å². The molecule has 2 aromatic carbocycles. The van der Waals surface area contributed by atoms with Crippen LogP contribution < -0.4 is 11.1 Å². The second-order valence-corrected chi connectivity index (χ2v) is 7.51. The fraction of sp³-hybridized carbons (Fsp3) is 0.211. The van der Waals surface area contributed by atoms with Gasteiger partial charge in [-0.2, -0.15) is 13.2 Å². The van der Waals surface area contributed by atoms with Gasteiger partial charge in [-0.1, -0.05) is 34.4 Å². The van der Waals surface area contributed by atoms with Gasteiger partial charge < -0.3 is 10.6 Å². The Kier molecular flexibility index (Phi) is 5.70. The number of amides is 3. The van der Waals surface area contributed by atoms with Crippen LogP contribution in [-0.2, 0) is 10.4 Å². The van der Waals surface area contributed by atoms with E-state index in [0.717, 1.165) is 12.1 Å². The zero-order chi connectivity index (χ0) is 22.3. The molecule has 0 fully saturated rings. The van der Waals surface area contributed by atoms with E-state index < -0.39 is 30.1 Å². The van der Waals surface area contributed by atoms with E-state index in [0.29, 0.717) is 11.1 Å². The van der Waals surface area contributed by atoms with Crippen LogP contribution in [0.15, 0.2) is 41.6 Å². The van der Waals surface area contributed by atoms with Gasteiger partial charge in [0.2, 0.25) is 0 Å². The maximum atomic E-state index is 14.0. The highest BCUT2D eigenvalue weighted by atomic mass is 35.5. The van der Waals surface area contributed by atoms with Gasteiger partial charge in [-0.15, -0.1) is 0 Å². The van der Waals surface area contributed by atoms with Crippen LogP contribution >= 0.6 is 23.2 Å². The predicted molar refractivity (Wildman–Crippen MR) is 105 cm³/mol. The van der Waals surface area contributed by atoms with Crippen molar-refractivity contribution in [1.82, 2.24) is 5.32 Å². The van der Waals surface area contributed by atoms with Gasteiger partial charge in [0.15, 0.2) is 0 Å². The van der Waals surface area contributed by atoms with Crippen molar-refractivity contribution in [2.75, 3.05) is 0 Å². The standard InChI is InChI=1S/C19H14Cl2F3N3O3/c1-9-4-10(2-3-14(9)16(28)26-17(25)29)15-8-18(30-27-15,19(22,23)24)11-5-12(20)7-13(21)6-11/h2-7H,8H2,1H3,(H3,25,26,28,29). The van der Waals surface area contributed by atoms with E-state index >= 15 is 0 Å². The highest BCUT2D eigenvalue weighted by molar-refractivity contribution is 6.34. The Morgan fingerprint density at radius 3 is 2.33 bits per heavy atom. The number of benzene rings is 2. The van der Waals surface area contributed by atoms with Crippen LogP contribution in [0.4, 0.5) is 18.0 Å². The van der Waals surface area contributed by atoms with Gasteiger partial charge in [-0.3, -0.25) is 10.1 Å². The molecule has 0 spiro atoms. The van der Waals surface area contributed by atoms with Crippen LogP contribution in [0.2, 0.25) is 10.0 Å². The largest absolute Gasteiger partial charge is 0.435 e. The zero-order valence-electron chi connectivity index (χ0n) is 15.3. The number of rotatable bonds is 3. The van der Waals surface area contributed by atoms with Gasteiger partial charge in [-0.05, 0) is 48.4 Å². The molecule has 3 amide bonds. The van der Waals surface area contributed by atoms with E-state index in [-0.39, 0.29) is 26.9 Å². The van der Waals surface area contributed by atoms with Crippen LogP contribution in [0.3, 0.4) is 0 Å². The van der Waals surface area contributed by atoms with Crippen molar-refractivity contribution >= 4 is 40.9 Å². The summed E-state index contributed by atoms with van der Waals surface area (Å²) < 4.78 is 42.1. The minimum atomic E-state index is -4.82. The monoisotopic (exact) mass is 459 g/mol. The Labute approximate surface area is 178 Å². The normalized spacial score (nSPS) is 18.5. The number of nitrogens with two attached hydrogens (primary N) is 1. The summed E-state index contributed by atoms with van der Waals surface area (Å²) in [5.41, 5.74) is 2.78. The molecule has 1 aliphatic rings. The number of carbonyl (C=O) groups is 2.